The molecule has 0 aliphatic carbocycles. The van der Waals surface area contributed by atoms with E-state index < -0.39 is 16.3 Å². The lowest BCUT2D eigenvalue weighted by Gasteiger charge is -2.11. The van der Waals surface area contributed by atoms with Crippen molar-refractivity contribution in [2.45, 2.75) is 141 Å². The second-order valence-electron chi connectivity index (χ2n) is 12.2. The van der Waals surface area contributed by atoms with Crippen molar-refractivity contribution >= 4 is 27.6 Å². The Bertz CT molecular complexity index is 1110. The first kappa shape index (κ1) is 39.2. The topological polar surface area (TPSA) is 106 Å². The summed E-state index contributed by atoms with van der Waals surface area (Å²) >= 11 is 1.70. The largest absolute Gasteiger partial charge is 0.744 e. The molecule has 10 heteroatoms. The molecule has 0 amide bonds. The van der Waals surface area contributed by atoms with Crippen LogP contribution in [0.2, 0.25) is 0 Å². The highest BCUT2D eigenvalue weighted by atomic mass is 32.2. The van der Waals surface area contributed by atoms with Crippen LogP contribution in [0, 0.1) is 12.8 Å². The van der Waals surface area contributed by atoms with Gasteiger partial charge in [0.05, 0.1) is 29.6 Å². The van der Waals surface area contributed by atoms with Crippen molar-refractivity contribution in [2.24, 2.45) is 5.92 Å². The molecule has 45 heavy (non-hydrogen) atoms. The molecule has 256 valence electrons. The molecule has 3 rings (SSSR count). The maximum atomic E-state index is 11.8. The zero-order valence-electron chi connectivity index (χ0n) is 27.7. The molecule has 0 bridgehead atoms. The fraction of sp³-hybridized carbons (Fsp3) is 0.714. The van der Waals surface area contributed by atoms with Gasteiger partial charge >= 0.3 is 6.16 Å². The summed E-state index contributed by atoms with van der Waals surface area (Å²) in [6.07, 6.45) is 23.5. The lowest BCUT2D eigenvalue weighted by Crippen LogP contribution is -2.29. The predicted molar refractivity (Wildman–Crippen MR) is 178 cm³/mol. The van der Waals surface area contributed by atoms with Crippen molar-refractivity contribution in [3.8, 4) is 0 Å². The summed E-state index contributed by atoms with van der Waals surface area (Å²) in [6.45, 7) is 6.68. The highest BCUT2D eigenvalue weighted by Gasteiger charge is 2.26. The third kappa shape index (κ3) is 20.0. The molecule has 0 saturated carbocycles. The van der Waals surface area contributed by atoms with Crippen molar-refractivity contribution < 1.29 is 36.5 Å². The second-order valence-corrected chi connectivity index (χ2v) is 14.4. The molecule has 1 fully saturated rings. The molecule has 1 aliphatic rings. The molecule has 1 aromatic carbocycles. The fourth-order valence-electron chi connectivity index (χ4n) is 5.40. The summed E-state index contributed by atoms with van der Waals surface area (Å²) < 4.78 is 49.6. The SMILES string of the molecule is CCCCCCCCCCCCCCC1COC(COC(=O)OCCCCC[n+]2ccsc2)C1.Cc1ccc(S(=O)(=O)[O-])cc1. The van der Waals surface area contributed by atoms with Gasteiger partial charge in [-0.05, 0) is 50.7 Å². The van der Waals surface area contributed by atoms with Crippen molar-refractivity contribution in [1.82, 2.24) is 0 Å². The van der Waals surface area contributed by atoms with Crippen LogP contribution in [0.15, 0.2) is 46.2 Å². The molecule has 1 aromatic heterocycles. The third-order valence-electron chi connectivity index (χ3n) is 8.13. The smallest absolute Gasteiger partial charge is 0.508 e. The van der Waals surface area contributed by atoms with Gasteiger partial charge in [-0.25, -0.2) is 13.2 Å². The number of hydrogen-bond acceptors (Lipinski definition) is 8. The van der Waals surface area contributed by atoms with Crippen molar-refractivity contribution in [3.05, 3.63) is 46.9 Å². The van der Waals surface area contributed by atoms with Gasteiger partial charge in [0.25, 0.3) is 0 Å². The lowest BCUT2D eigenvalue weighted by molar-refractivity contribution is -0.692. The van der Waals surface area contributed by atoms with E-state index in [0.29, 0.717) is 19.1 Å². The average Bonchev–Trinajstić information content (AvgIpc) is 3.71. The number of nitrogens with zero attached hydrogens (tertiary/aromatic N) is 1. The van der Waals surface area contributed by atoms with E-state index in [2.05, 4.69) is 28.6 Å². The number of hydrogen-bond donors (Lipinski definition) is 0. The Morgan fingerprint density at radius 2 is 1.53 bits per heavy atom. The van der Waals surface area contributed by atoms with Crippen LogP contribution in [0.3, 0.4) is 0 Å². The van der Waals surface area contributed by atoms with Crippen LogP contribution in [0.1, 0.15) is 122 Å². The van der Waals surface area contributed by atoms with E-state index in [1.807, 2.05) is 6.92 Å². The number of rotatable bonds is 22. The molecule has 2 atom stereocenters. The van der Waals surface area contributed by atoms with E-state index in [0.717, 1.165) is 44.4 Å². The van der Waals surface area contributed by atoms with Crippen LogP contribution in [0.4, 0.5) is 4.79 Å². The monoisotopic (exact) mass is 667 g/mol. The minimum Gasteiger partial charge on any atom is -0.744 e. The zero-order chi connectivity index (χ0) is 32.6. The Hall–Kier alpha value is -2.01. The summed E-state index contributed by atoms with van der Waals surface area (Å²) in [5.74, 6) is 0.619. The first-order valence-electron chi connectivity index (χ1n) is 17.1. The minimum absolute atomic E-state index is 0.0394. The molecule has 8 nitrogen and oxygen atoms in total. The Kier molecular flexibility index (Phi) is 21.1. The Morgan fingerprint density at radius 3 is 2.13 bits per heavy atom. The maximum absolute atomic E-state index is 11.8. The summed E-state index contributed by atoms with van der Waals surface area (Å²) in [5.41, 5.74) is 3.04. The van der Waals surface area contributed by atoms with Gasteiger partial charge in [0, 0.05) is 6.42 Å². The van der Waals surface area contributed by atoms with Gasteiger partial charge in [-0.3, -0.25) is 0 Å². The van der Waals surface area contributed by atoms with E-state index in [-0.39, 0.29) is 11.0 Å². The fourth-order valence-corrected chi connectivity index (χ4v) is 6.49. The third-order valence-corrected chi connectivity index (χ3v) is 9.66. The molecule has 0 radical (unpaired) electrons. The minimum atomic E-state index is -4.27. The van der Waals surface area contributed by atoms with Crippen LogP contribution in [-0.2, 0) is 30.9 Å². The van der Waals surface area contributed by atoms with Gasteiger partial charge in [0.1, 0.15) is 23.3 Å². The highest BCUT2D eigenvalue weighted by Crippen LogP contribution is 2.25. The van der Waals surface area contributed by atoms with Crippen LogP contribution in [0.25, 0.3) is 0 Å². The van der Waals surface area contributed by atoms with Crippen molar-refractivity contribution in [1.29, 1.82) is 0 Å². The summed E-state index contributed by atoms with van der Waals surface area (Å²) in [7, 11) is -4.27. The molecule has 1 saturated heterocycles. The first-order valence-corrected chi connectivity index (χ1v) is 19.5. The van der Waals surface area contributed by atoms with E-state index in [9.17, 15) is 17.8 Å². The van der Waals surface area contributed by atoms with Crippen LogP contribution in [0.5, 0.6) is 0 Å². The van der Waals surface area contributed by atoms with Gasteiger partial charge in [0.2, 0.25) is 5.51 Å². The Morgan fingerprint density at radius 1 is 0.911 bits per heavy atom. The molecule has 0 spiro atoms. The lowest BCUT2D eigenvalue weighted by atomic mass is 9.97. The van der Waals surface area contributed by atoms with Gasteiger partial charge in [-0.1, -0.05) is 113 Å². The maximum Gasteiger partial charge on any atom is 0.508 e. The standard InChI is InChI=1S/C28H50NO4S.C7H8O3S/c1-2-3-4-5-6-7-8-9-10-11-12-14-17-26-22-27(32-23-26)24-33-28(30)31-20-16-13-15-18-29-19-21-34-25-29;1-6-2-4-7(5-3-6)11(8,9)10/h19,21,25-27H,2-18,20,22-24H2,1H3;2-5H,1H3,(H,8,9,10)/q+1;/p-1. The van der Waals surface area contributed by atoms with Gasteiger partial charge in [-0.15, -0.1) is 0 Å². The number of unbranched alkanes of at least 4 members (excludes halogenated alkanes) is 13. The second kappa shape index (κ2) is 24.2. The normalized spacial score (nSPS) is 16.2. The number of aromatic nitrogens is 1. The number of benzene rings is 1. The molecular weight excluding hydrogens is 611 g/mol. The van der Waals surface area contributed by atoms with Gasteiger partial charge in [-0.2, -0.15) is 4.57 Å². The van der Waals surface area contributed by atoms with Crippen LogP contribution in [-0.4, -0.2) is 45.1 Å². The van der Waals surface area contributed by atoms with Crippen molar-refractivity contribution in [2.75, 3.05) is 19.8 Å². The molecule has 2 heterocycles. The number of thiazole rings is 1. The Labute approximate surface area is 276 Å². The number of ether oxygens (including phenoxy) is 3. The predicted octanol–water partition coefficient (Wildman–Crippen LogP) is 8.75. The van der Waals surface area contributed by atoms with Crippen LogP contribution < -0.4 is 4.57 Å². The number of carbonyl (C=O) groups excluding carboxylic acids is 1. The van der Waals surface area contributed by atoms with Crippen LogP contribution >= 0.6 is 11.3 Å². The molecular formula is C35H57NO7S2. The summed E-state index contributed by atoms with van der Waals surface area (Å²) in [4.78, 5) is 11.6. The molecule has 1 aliphatic heterocycles. The zero-order valence-corrected chi connectivity index (χ0v) is 29.3. The van der Waals surface area contributed by atoms with E-state index in [4.69, 9.17) is 14.2 Å². The summed E-state index contributed by atoms with van der Waals surface area (Å²) in [5, 5.41) is 2.08. The highest BCUT2D eigenvalue weighted by molar-refractivity contribution is 7.85. The van der Waals surface area contributed by atoms with E-state index in [1.54, 1.807) is 23.5 Å². The molecule has 2 unspecified atom stereocenters. The molecule has 0 N–H and O–H groups in total. The Balaban J connectivity index is 0.000000537. The van der Waals surface area contributed by atoms with E-state index >= 15 is 0 Å². The average molecular weight is 668 g/mol. The number of carbonyl (C=O) groups is 1. The first-order chi connectivity index (χ1) is 21.8. The summed E-state index contributed by atoms with van der Waals surface area (Å²) in [6, 6.07) is 5.78. The quantitative estimate of drug-likeness (QED) is 0.0535. The van der Waals surface area contributed by atoms with E-state index in [1.165, 1.54) is 95.6 Å². The van der Waals surface area contributed by atoms with Gasteiger partial charge < -0.3 is 18.8 Å². The van der Waals surface area contributed by atoms with Gasteiger partial charge in [0.15, 0.2) is 6.20 Å². The number of aryl methyl sites for hydroxylation is 2. The van der Waals surface area contributed by atoms with Crippen molar-refractivity contribution in [3.63, 3.8) is 0 Å². The molecule has 2 aromatic rings.